The molecule has 182 valence electrons. The fourth-order valence-corrected chi connectivity index (χ4v) is 5.44. The molecule has 4 aromatic rings. The molecule has 9 heteroatoms. The van der Waals surface area contributed by atoms with Crippen molar-refractivity contribution in [2.24, 2.45) is 0 Å². The number of anilines is 1. The van der Waals surface area contributed by atoms with Crippen LogP contribution in [0.25, 0.3) is 16.7 Å². The van der Waals surface area contributed by atoms with Gasteiger partial charge in [-0.3, -0.25) is 14.5 Å². The van der Waals surface area contributed by atoms with E-state index < -0.39 is 23.5 Å². The number of ether oxygens (including phenoxy) is 1. The number of aromatic nitrogens is 1. The Hall–Kier alpha value is -3.45. The number of carbonyl (C=O) groups is 2. The molecule has 1 aromatic heterocycles. The number of aliphatic hydroxyl groups is 1. The van der Waals surface area contributed by atoms with Crippen molar-refractivity contribution in [1.82, 2.24) is 4.98 Å². The summed E-state index contributed by atoms with van der Waals surface area (Å²) >= 11 is 18.7. The van der Waals surface area contributed by atoms with E-state index in [4.69, 9.17) is 39.5 Å². The predicted octanol–water partition coefficient (Wildman–Crippen LogP) is 7.07. The van der Waals surface area contributed by atoms with Crippen molar-refractivity contribution >= 4 is 68.8 Å². The average molecular weight is 542 g/mol. The van der Waals surface area contributed by atoms with E-state index in [1.807, 2.05) is 31.2 Å². The van der Waals surface area contributed by atoms with Crippen molar-refractivity contribution in [2.75, 3.05) is 12.0 Å². The first-order chi connectivity index (χ1) is 17.2. The number of amides is 1. The molecule has 3 aromatic carbocycles. The van der Waals surface area contributed by atoms with Crippen LogP contribution >= 0.6 is 34.8 Å². The third kappa shape index (κ3) is 3.82. The number of para-hydroxylation sites is 1. The summed E-state index contributed by atoms with van der Waals surface area (Å²) in [6, 6.07) is 16.1. The van der Waals surface area contributed by atoms with Crippen LogP contribution in [0.1, 0.15) is 22.9 Å². The minimum absolute atomic E-state index is 0.0832. The zero-order chi connectivity index (χ0) is 25.7. The van der Waals surface area contributed by atoms with Gasteiger partial charge in [-0.05, 0) is 49.4 Å². The normalized spacial score (nSPS) is 17.2. The second kappa shape index (κ2) is 9.21. The minimum Gasteiger partial charge on any atom is -0.507 e. The number of nitrogens with one attached hydrogen (secondary N) is 1. The van der Waals surface area contributed by atoms with Crippen LogP contribution in [0.2, 0.25) is 15.1 Å². The van der Waals surface area contributed by atoms with E-state index in [1.54, 1.807) is 24.3 Å². The number of ketones is 1. The van der Waals surface area contributed by atoms with Gasteiger partial charge in [-0.25, -0.2) is 0 Å². The summed E-state index contributed by atoms with van der Waals surface area (Å²) < 4.78 is 5.20. The van der Waals surface area contributed by atoms with Crippen LogP contribution < -0.4 is 9.64 Å². The molecule has 0 bridgehead atoms. The number of hydrogen-bond donors (Lipinski definition) is 2. The Morgan fingerprint density at radius 3 is 2.28 bits per heavy atom. The summed E-state index contributed by atoms with van der Waals surface area (Å²) in [4.78, 5) is 31.6. The van der Waals surface area contributed by atoms with Crippen molar-refractivity contribution in [3.63, 3.8) is 0 Å². The van der Waals surface area contributed by atoms with E-state index >= 15 is 0 Å². The summed E-state index contributed by atoms with van der Waals surface area (Å²) in [6.07, 6.45) is 0. The number of carbonyl (C=O) groups excluding carboxylic acids is 2. The van der Waals surface area contributed by atoms with Gasteiger partial charge in [0.15, 0.2) is 5.75 Å². The molecule has 2 N–H and O–H groups in total. The molecule has 1 unspecified atom stereocenters. The topological polar surface area (TPSA) is 82.6 Å². The van der Waals surface area contributed by atoms with Crippen molar-refractivity contribution in [2.45, 2.75) is 13.0 Å². The number of fused-ring (bicyclic) bond motifs is 1. The summed E-state index contributed by atoms with van der Waals surface area (Å²) in [5.74, 6) is -1.77. The summed E-state index contributed by atoms with van der Waals surface area (Å²) in [5, 5.41) is 13.1. The van der Waals surface area contributed by atoms with Crippen LogP contribution in [0.3, 0.4) is 0 Å². The Kier molecular flexibility index (Phi) is 6.20. The molecule has 1 amide bonds. The molecule has 0 spiro atoms. The van der Waals surface area contributed by atoms with Crippen molar-refractivity contribution < 1.29 is 19.4 Å². The second-order valence-corrected chi connectivity index (χ2v) is 9.58. The Morgan fingerprint density at radius 1 is 1.00 bits per heavy atom. The average Bonchev–Trinajstić information content (AvgIpc) is 3.31. The number of aliphatic hydroxyl groups excluding tert-OH is 1. The monoisotopic (exact) mass is 540 g/mol. The number of hydrogen-bond acceptors (Lipinski definition) is 4. The highest BCUT2D eigenvalue weighted by Gasteiger charge is 2.48. The van der Waals surface area contributed by atoms with Crippen LogP contribution in [0.5, 0.6) is 5.75 Å². The van der Waals surface area contributed by atoms with Gasteiger partial charge < -0.3 is 14.8 Å². The maximum absolute atomic E-state index is 13.5. The SMILES string of the molecule is COc1c(Cl)cc(/C(O)=C2\C(=O)C(=O)N(c3ccc(Cl)cc3)C2c2c(C)[nH]c3ccccc23)cc1Cl. The third-order valence-electron chi connectivity index (χ3n) is 6.24. The first-order valence-corrected chi connectivity index (χ1v) is 12.0. The van der Waals surface area contributed by atoms with E-state index in [-0.39, 0.29) is 26.9 Å². The highest BCUT2D eigenvalue weighted by molar-refractivity contribution is 6.52. The maximum atomic E-state index is 13.5. The standard InChI is InChI=1S/C27H19Cl3N2O4/c1-13-21(17-5-3-4-6-20(17)31-13)23-22(24(33)14-11-18(29)26(36-2)19(30)12-14)25(34)27(35)32(23)16-9-7-15(28)8-10-16/h3-12,23,31,33H,1-2H3/b24-22+. The fourth-order valence-electron chi connectivity index (χ4n) is 4.67. The highest BCUT2D eigenvalue weighted by atomic mass is 35.5. The largest absolute Gasteiger partial charge is 0.507 e. The lowest BCUT2D eigenvalue weighted by Crippen LogP contribution is -2.29. The zero-order valence-electron chi connectivity index (χ0n) is 19.1. The van der Waals surface area contributed by atoms with Crippen molar-refractivity contribution in [3.8, 4) is 5.75 Å². The van der Waals surface area contributed by atoms with E-state index in [1.165, 1.54) is 24.1 Å². The van der Waals surface area contributed by atoms with Crippen LogP contribution in [0.4, 0.5) is 5.69 Å². The second-order valence-electron chi connectivity index (χ2n) is 8.33. The minimum atomic E-state index is -0.929. The number of halogens is 3. The molecule has 36 heavy (non-hydrogen) atoms. The maximum Gasteiger partial charge on any atom is 0.300 e. The van der Waals surface area contributed by atoms with Gasteiger partial charge in [0.1, 0.15) is 5.76 Å². The molecule has 6 nitrogen and oxygen atoms in total. The number of Topliss-reactive ketones (excluding diaryl/α,β-unsaturated/α-hetero) is 1. The Morgan fingerprint density at radius 2 is 1.64 bits per heavy atom. The van der Waals surface area contributed by atoms with Gasteiger partial charge in [0.2, 0.25) is 0 Å². The van der Waals surface area contributed by atoms with Gasteiger partial charge >= 0.3 is 0 Å². The molecule has 0 aliphatic carbocycles. The number of nitrogens with zero attached hydrogens (tertiary/aromatic N) is 1. The molecule has 1 saturated heterocycles. The predicted molar refractivity (Wildman–Crippen MR) is 142 cm³/mol. The summed E-state index contributed by atoms with van der Waals surface area (Å²) in [7, 11) is 1.42. The molecule has 2 heterocycles. The van der Waals surface area contributed by atoms with E-state index in [0.29, 0.717) is 16.3 Å². The fraction of sp³-hybridized carbons (Fsp3) is 0.111. The van der Waals surface area contributed by atoms with E-state index in [0.717, 1.165) is 16.6 Å². The molecule has 1 aliphatic heterocycles. The quantitative estimate of drug-likeness (QED) is 0.164. The van der Waals surface area contributed by atoms with Gasteiger partial charge in [0.05, 0.1) is 28.8 Å². The molecule has 1 fully saturated rings. The lowest BCUT2D eigenvalue weighted by Gasteiger charge is -2.26. The molecule has 0 radical (unpaired) electrons. The number of benzene rings is 3. The lowest BCUT2D eigenvalue weighted by molar-refractivity contribution is -0.132. The molecule has 1 aliphatic rings. The van der Waals surface area contributed by atoms with Gasteiger partial charge in [0, 0.05) is 38.4 Å². The first kappa shape index (κ1) is 24.3. The third-order valence-corrected chi connectivity index (χ3v) is 7.06. The molecule has 5 rings (SSSR count). The molecular formula is C27H19Cl3N2O4. The lowest BCUT2D eigenvalue weighted by atomic mass is 9.93. The van der Waals surface area contributed by atoms with Gasteiger partial charge in [0.25, 0.3) is 11.7 Å². The Bertz CT molecular complexity index is 1550. The summed E-state index contributed by atoms with van der Waals surface area (Å²) in [6.45, 7) is 1.86. The Balaban J connectivity index is 1.81. The van der Waals surface area contributed by atoms with Gasteiger partial charge in [-0.2, -0.15) is 0 Å². The first-order valence-electron chi connectivity index (χ1n) is 10.9. The smallest absolute Gasteiger partial charge is 0.300 e. The van der Waals surface area contributed by atoms with Crippen LogP contribution in [-0.2, 0) is 9.59 Å². The number of aryl methyl sites for hydroxylation is 1. The zero-order valence-corrected chi connectivity index (χ0v) is 21.4. The number of H-pyrrole nitrogens is 1. The van der Waals surface area contributed by atoms with Crippen LogP contribution in [0.15, 0.2) is 66.2 Å². The van der Waals surface area contributed by atoms with Gasteiger partial charge in [-0.1, -0.05) is 53.0 Å². The van der Waals surface area contributed by atoms with Crippen LogP contribution in [0, 0.1) is 6.92 Å². The van der Waals surface area contributed by atoms with E-state index in [2.05, 4.69) is 4.98 Å². The summed E-state index contributed by atoms with van der Waals surface area (Å²) in [5.41, 5.74) is 2.83. The van der Waals surface area contributed by atoms with Crippen molar-refractivity contribution in [1.29, 1.82) is 0 Å². The van der Waals surface area contributed by atoms with Crippen molar-refractivity contribution in [3.05, 3.63) is 98.1 Å². The Labute approximate surface area is 221 Å². The molecule has 0 saturated carbocycles. The molecule has 1 atom stereocenters. The highest BCUT2D eigenvalue weighted by Crippen LogP contribution is 2.46. The number of methoxy groups -OCH3 is 1. The van der Waals surface area contributed by atoms with Gasteiger partial charge in [-0.15, -0.1) is 0 Å². The van der Waals surface area contributed by atoms with E-state index in [9.17, 15) is 14.7 Å². The van der Waals surface area contributed by atoms with Crippen LogP contribution in [-0.4, -0.2) is 28.9 Å². The molecular weight excluding hydrogens is 523 g/mol. The number of rotatable bonds is 4. The number of aromatic amines is 1.